The van der Waals surface area contributed by atoms with Crippen LogP contribution in [-0.4, -0.2) is 48.2 Å². The summed E-state index contributed by atoms with van der Waals surface area (Å²) in [6.07, 6.45) is 6.57. The van der Waals surface area contributed by atoms with Crippen LogP contribution in [0.1, 0.15) is 54.4 Å². The van der Waals surface area contributed by atoms with Gasteiger partial charge in [0.2, 0.25) is 11.8 Å². The maximum Gasteiger partial charge on any atom is 0.305 e. The highest BCUT2D eigenvalue weighted by Gasteiger charge is 2.26. The smallest absolute Gasteiger partial charge is 0.305 e. The Morgan fingerprint density at radius 1 is 0.788 bits per heavy atom. The molecule has 0 aromatic heterocycles. The zero-order chi connectivity index (χ0) is 36.4. The van der Waals surface area contributed by atoms with Crippen LogP contribution in [-0.2, 0) is 45.2 Å². The van der Waals surface area contributed by atoms with Crippen molar-refractivity contribution in [2.75, 3.05) is 13.2 Å². The van der Waals surface area contributed by atoms with E-state index in [1.807, 2.05) is 121 Å². The maximum absolute atomic E-state index is 13.7. The second kappa shape index (κ2) is 20.4. The molecule has 3 N–H and O–H groups in total. The van der Waals surface area contributed by atoms with E-state index in [1.165, 1.54) is 0 Å². The standard InChI is InChI=1S/C43H48N2O7/c46-28-37(25-32-17-21-39(22-18-32)50-29-34-11-5-3-6-12-34)44-41(47)27-36-15-9-1-2-10-16-42(48)52-31-38(45-43(36)49)26-33-19-23-40(24-20-33)51-30-35-13-7-4-8-14-35/h1,3-9,11-14,17-24,36-38,46H,2,10,15-16,25-31H2,(H,44,47)(H,45,49)/t36-,37+,38+/m1/s1. The number of cyclic esters (lactones) is 1. The monoisotopic (exact) mass is 704 g/mol. The van der Waals surface area contributed by atoms with Crippen LogP contribution in [0, 0.1) is 5.92 Å². The molecule has 0 unspecified atom stereocenters. The molecule has 0 aliphatic carbocycles. The van der Waals surface area contributed by atoms with Crippen LogP contribution in [0.2, 0.25) is 0 Å². The molecule has 0 radical (unpaired) electrons. The average Bonchev–Trinajstić information content (AvgIpc) is 3.18. The zero-order valence-electron chi connectivity index (χ0n) is 29.5. The summed E-state index contributed by atoms with van der Waals surface area (Å²) >= 11 is 0. The first-order chi connectivity index (χ1) is 25.4. The zero-order valence-corrected chi connectivity index (χ0v) is 29.5. The summed E-state index contributed by atoms with van der Waals surface area (Å²) in [5.74, 6) is -0.126. The molecule has 9 heteroatoms. The lowest BCUT2D eigenvalue weighted by atomic mass is 9.97. The largest absolute Gasteiger partial charge is 0.489 e. The lowest BCUT2D eigenvalue weighted by Crippen LogP contribution is -2.45. The fraction of sp³-hybridized carbons (Fsp3) is 0.326. The minimum Gasteiger partial charge on any atom is -0.489 e. The predicted octanol–water partition coefficient (Wildman–Crippen LogP) is 6.27. The Labute approximate surface area is 306 Å². The Morgan fingerprint density at radius 2 is 1.38 bits per heavy atom. The summed E-state index contributed by atoms with van der Waals surface area (Å²) in [5.41, 5.74) is 4.02. The van der Waals surface area contributed by atoms with Crippen molar-refractivity contribution in [3.05, 3.63) is 144 Å². The number of aliphatic hydroxyl groups excluding tert-OH is 1. The molecule has 0 saturated heterocycles. The van der Waals surface area contributed by atoms with Gasteiger partial charge in [-0.1, -0.05) is 97.1 Å². The number of carbonyl (C=O) groups is 3. The van der Waals surface area contributed by atoms with Crippen molar-refractivity contribution in [2.24, 2.45) is 5.92 Å². The topological polar surface area (TPSA) is 123 Å². The van der Waals surface area contributed by atoms with Gasteiger partial charge in [0.25, 0.3) is 0 Å². The predicted molar refractivity (Wildman–Crippen MR) is 199 cm³/mol. The third kappa shape index (κ3) is 13.0. The van der Waals surface area contributed by atoms with E-state index in [4.69, 9.17) is 14.2 Å². The summed E-state index contributed by atoms with van der Waals surface area (Å²) in [6.45, 7) is 0.683. The fourth-order valence-electron chi connectivity index (χ4n) is 5.93. The Bertz CT molecular complexity index is 1710. The molecule has 9 nitrogen and oxygen atoms in total. The highest BCUT2D eigenvalue weighted by Crippen LogP contribution is 2.19. The second-order valence-electron chi connectivity index (χ2n) is 13.1. The summed E-state index contributed by atoms with van der Waals surface area (Å²) in [4.78, 5) is 39.4. The summed E-state index contributed by atoms with van der Waals surface area (Å²) < 4.78 is 17.4. The number of allylic oxidation sites excluding steroid dienone is 2. The molecule has 2 amide bonds. The number of carbonyl (C=O) groups excluding carboxylic acids is 3. The van der Waals surface area contributed by atoms with Crippen molar-refractivity contribution in [3.63, 3.8) is 0 Å². The minimum absolute atomic E-state index is 0.0197. The molecular formula is C43H48N2O7. The molecule has 1 aliphatic rings. The van der Waals surface area contributed by atoms with Crippen LogP contribution >= 0.6 is 0 Å². The number of hydrogen-bond donors (Lipinski definition) is 3. The van der Waals surface area contributed by atoms with E-state index >= 15 is 0 Å². The molecular weight excluding hydrogens is 656 g/mol. The summed E-state index contributed by atoms with van der Waals surface area (Å²) in [5, 5.41) is 16.1. The molecule has 0 spiro atoms. The minimum atomic E-state index is -0.649. The third-order valence-corrected chi connectivity index (χ3v) is 8.83. The molecule has 0 bridgehead atoms. The van der Waals surface area contributed by atoms with E-state index in [0.29, 0.717) is 45.3 Å². The lowest BCUT2D eigenvalue weighted by molar-refractivity contribution is -0.145. The van der Waals surface area contributed by atoms with E-state index in [0.717, 1.165) is 33.8 Å². The van der Waals surface area contributed by atoms with Gasteiger partial charge in [0, 0.05) is 12.8 Å². The molecule has 0 fully saturated rings. The molecule has 272 valence electrons. The van der Waals surface area contributed by atoms with E-state index in [-0.39, 0.29) is 43.8 Å². The van der Waals surface area contributed by atoms with Crippen molar-refractivity contribution >= 4 is 17.8 Å². The van der Waals surface area contributed by atoms with Gasteiger partial charge >= 0.3 is 5.97 Å². The number of rotatable bonds is 14. The number of ether oxygens (including phenoxy) is 3. The third-order valence-electron chi connectivity index (χ3n) is 8.83. The van der Waals surface area contributed by atoms with Gasteiger partial charge in [-0.05, 0) is 78.6 Å². The van der Waals surface area contributed by atoms with Crippen molar-refractivity contribution in [1.29, 1.82) is 0 Å². The number of amides is 2. The van der Waals surface area contributed by atoms with Gasteiger partial charge in [-0.3, -0.25) is 14.4 Å². The van der Waals surface area contributed by atoms with E-state index in [1.54, 1.807) is 0 Å². The van der Waals surface area contributed by atoms with Gasteiger partial charge in [0.15, 0.2) is 0 Å². The highest BCUT2D eigenvalue weighted by atomic mass is 16.5. The van der Waals surface area contributed by atoms with Gasteiger partial charge < -0.3 is 30.0 Å². The summed E-state index contributed by atoms with van der Waals surface area (Å²) in [6, 6.07) is 34.0. The number of esters is 1. The van der Waals surface area contributed by atoms with Gasteiger partial charge in [-0.15, -0.1) is 0 Å². The van der Waals surface area contributed by atoms with E-state index in [9.17, 15) is 19.5 Å². The van der Waals surface area contributed by atoms with Crippen LogP contribution < -0.4 is 20.1 Å². The quantitative estimate of drug-likeness (QED) is 0.104. The molecule has 4 aromatic carbocycles. The van der Waals surface area contributed by atoms with Crippen molar-refractivity contribution in [1.82, 2.24) is 10.6 Å². The number of nitrogens with one attached hydrogen (secondary N) is 2. The maximum atomic E-state index is 13.7. The lowest BCUT2D eigenvalue weighted by Gasteiger charge is -2.23. The summed E-state index contributed by atoms with van der Waals surface area (Å²) in [7, 11) is 0. The second-order valence-corrected chi connectivity index (χ2v) is 13.1. The molecule has 4 aromatic rings. The average molecular weight is 705 g/mol. The van der Waals surface area contributed by atoms with Crippen LogP contribution in [0.4, 0.5) is 0 Å². The molecule has 1 heterocycles. The van der Waals surface area contributed by atoms with Crippen LogP contribution in [0.3, 0.4) is 0 Å². The number of aliphatic hydroxyl groups is 1. The Balaban J connectivity index is 1.16. The molecule has 0 saturated carbocycles. The SMILES string of the molecule is O=C(C[C@H]1CC=CCCCC(=O)OC[C@H](Cc2ccc(OCc3ccccc3)cc2)NC1=O)N[C@H](CO)Cc1ccc(OCc2ccccc2)cc1. The van der Waals surface area contributed by atoms with Crippen LogP contribution in [0.25, 0.3) is 0 Å². The van der Waals surface area contributed by atoms with Gasteiger partial charge in [-0.2, -0.15) is 0 Å². The molecule has 3 atom stereocenters. The van der Waals surface area contributed by atoms with Crippen molar-refractivity contribution in [3.8, 4) is 11.5 Å². The highest BCUT2D eigenvalue weighted by molar-refractivity contribution is 5.86. The number of hydrogen-bond acceptors (Lipinski definition) is 7. The van der Waals surface area contributed by atoms with E-state index in [2.05, 4.69) is 10.6 Å². The molecule has 52 heavy (non-hydrogen) atoms. The van der Waals surface area contributed by atoms with Crippen LogP contribution in [0.5, 0.6) is 11.5 Å². The van der Waals surface area contributed by atoms with Crippen LogP contribution in [0.15, 0.2) is 121 Å². The van der Waals surface area contributed by atoms with Crippen molar-refractivity contribution in [2.45, 2.75) is 70.2 Å². The molecule has 1 aliphatic heterocycles. The normalized spacial score (nSPS) is 17.3. The first-order valence-electron chi connectivity index (χ1n) is 18.0. The Morgan fingerprint density at radius 3 is 1.98 bits per heavy atom. The molecule has 5 rings (SSSR count). The number of benzene rings is 4. The van der Waals surface area contributed by atoms with Gasteiger partial charge in [0.1, 0.15) is 31.3 Å². The fourth-order valence-corrected chi connectivity index (χ4v) is 5.93. The van der Waals surface area contributed by atoms with E-state index < -0.39 is 18.0 Å². The van der Waals surface area contributed by atoms with Gasteiger partial charge in [0.05, 0.1) is 24.6 Å². The van der Waals surface area contributed by atoms with Gasteiger partial charge in [-0.25, -0.2) is 0 Å². The Kier molecular flexibility index (Phi) is 14.9. The first-order valence-corrected chi connectivity index (χ1v) is 18.0. The first kappa shape index (κ1) is 37.8. The Hall–Kier alpha value is -5.41. The van der Waals surface area contributed by atoms with Crippen molar-refractivity contribution < 1.29 is 33.7 Å².